The van der Waals surface area contributed by atoms with E-state index in [1.807, 2.05) is 0 Å². The molecule has 0 amide bonds. The zero-order valence-corrected chi connectivity index (χ0v) is 15.0. The largest absolute Gasteiger partial charge is 0.0932 e. The molecule has 0 nitrogen and oxygen atoms in total. The first kappa shape index (κ1) is 15.4. The van der Waals surface area contributed by atoms with Crippen molar-refractivity contribution in [1.29, 1.82) is 0 Å². The SMILES string of the molecule is C[Si](C)(C)/C=C\P(=S)(c1ccccc1)c1ccccc1. The lowest BCUT2D eigenvalue weighted by Crippen LogP contribution is -2.18. The van der Waals surface area contributed by atoms with Gasteiger partial charge in [-0.15, -0.1) is 0 Å². The van der Waals surface area contributed by atoms with Gasteiger partial charge in [-0.2, -0.15) is 0 Å². The van der Waals surface area contributed by atoms with E-state index in [1.54, 1.807) is 0 Å². The molecule has 0 fully saturated rings. The zero-order chi connectivity index (χ0) is 14.6. The molecule has 0 heterocycles. The second kappa shape index (κ2) is 6.22. The molecular formula is C17H21PSSi. The van der Waals surface area contributed by atoms with E-state index in [0.29, 0.717) is 0 Å². The Morgan fingerprint density at radius 1 is 0.800 bits per heavy atom. The van der Waals surface area contributed by atoms with Crippen molar-refractivity contribution in [3.05, 3.63) is 72.2 Å². The van der Waals surface area contributed by atoms with E-state index in [4.69, 9.17) is 11.8 Å². The molecule has 2 aromatic carbocycles. The normalized spacial score (nSPS) is 12.8. The fraction of sp³-hybridized carbons (Fsp3) is 0.176. The van der Waals surface area contributed by atoms with Crippen LogP contribution in [0.15, 0.2) is 72.2 Å². The van der Waals surface area contributed by atoms with Crippen LogP contribution in [0.4, 0.5) is 0 Å². The van der Waals surface area contributed by atoms with Gasteiger partial charge in [-0.05, 0) is 10.6 Å². The summed E-state index contributed by atoms with van der Waals surface area (Å²) in [4.78, 5) is 0. The van der Waals surface area contributed by atoms with Crippen LogP contribution >= 0.6 is 6.04 Å². The molecule has 0 atom stereocenters. The highest BCUT2D eigenvalue weighted by atomic mass is 32.4. The highest BCUT2D eigenvalue weighted by molar-refractivity contribution is 8.23. The maximum Gasteiger partial charge on any atom is 0.0688 e. The van der Waals surface area contributed by atoms with Gasteiger partial charge in [0.05, 0.1) is 8.07 Å². The molecule has 104 valence electrons. The van der Waals surface area contributed by atoms with Crippen LogP contribution in [-0.2, 0) is 11.8 Å². The fourth-order valence-electron chi connectivity index (χ4n) is 1.95. The molecule has 20 heavy (non-hydrogen) atoms. The van der Waals surface area contributed by atoms with Crippen LogP contribution in [0.25, 0.3) is 0 Å². The molecule has 3 heteroatoms. The third-order valence-electron chi connectivity index (χ3n) is 3.06. The second-order valence-electron chi connectivity index (χ2n) is 6.01. The standard InChI is InChI=1S/C17H21PSSi/c1-20(2,3)15-14-18(19,16-10-6-4-7-11-16)17-12-8-5-9-13-17/h4-15H,1-3H3/b15-14-. The van der Waals surface area contributed by atoms with Gasteiger partial charge in [0.25, 0.3) is 0 Å². The van der Waals surface area contributed by atoms with Crippen LogP contribution in [0.2, 0.25) is 19.6 Å². The average molecular weight is 316 g/mol. The topological polar surface area (TPSA) is 0 Å². The summed E-state index contributed by atoms with van der Waals surface area (Å²) < 4.78 is 0. The first-order valence-corrected chi connectivity index (χ1v) is 13.3. The molecule has 0 saturated heterocycles. The van der Waals surface area contributed by atoms with Crippen molar-refractivity contribution in [3.63, 3.8) is 0 Å². The Labute approximate surface area is 128 Å². The molecule has 0 spiro atoms. The van der Waals surface area contributed by atoms with Gasteiger partial charge in [0.1, 0.15) is 0 Å². The summed E-state index contributed by atoms with van der Waals surface area (Å²) >= 11 is 6.15. The first-order chi connectivity index (χ1) is 9.42. The van der Waals surface area contributed by atoms with Gasteiger partial charge in [-0.25, -0.2) is 0 Å². The Hall–Kier alpha value is -0.953. The zero-order valence-electron chi connectivity index (χ0n) is 12.3. The summed E-state index contributed by atoms with van der Waals surface area (Å²) in [7, 11) is -1.25. The summed E-state index contributed by atoms with van der Waals surface area (Å²) in [6.07, 6.45) is 0. The molecule has 0 bridgehead atoms. The summed E-state index contributed by atoms with van der Waals surface area (Å²) in [5.41, 5.74) is 2.40. The van der Waals surface area contributed by atoms with Crippen LogP contribution < -0.4 is 10.6 Å². The van der Waals surface area contributed by atoms with Crippen LogP contribution in [0.1, 0.15) is 0 Å². The Kier molecular flexibility index (Phi) is 4.80. The van der Waals surface area contributed by atoms with E-state index in [2.05, 4.69) is 91.8 Å². The van der Waals surface area contributed by atoms with E-state index < -0.39 is 14.1 Å². The monoisotopic (exact) mass is 316 g/mol. The van der Waals surface area contributed by atoms with E-state index in [0.717, 1.165) is 0 Å². The minimum Gasteiger partial charge on any atom is -0.0932 e. The van der Waals surface area contributed by atoms with Gasteiger partial charge >= 0.3 is 0 Å². The number of hydrogen-bond acceptors (Lipinski definition) is 1. The molecule has 2 aromatic rings. The number of rotatable bonds is 4. The molecular weight excluding hydrogens is 295 g/mol. The van der Waals surface area contributed by atoms with Crippen molar-refractivity contribution in [1.82, 2.24) is 0 Å². The summed E-state index contributed by atoms with van der Waals surface area (Å²) in [6, 6.07) is 19.3. The fourth-order valence-corrected chi connectivity index (χ4v) is 7.73. The molecule has 0 N–H and O–H groups in total. The Morgan fingerprint density at radius 3 is 1.55 bits per heavy atom. The van der Waals surface area contributed by atoms with Crippen LogP contribution in [0.3, 0.4) is 0 Å². The average Bonchev–Trinajstić information content (AvgIpc) is 2.46. The third-order valence-corrected chi connectivity index (χ3v) is 8.84. The van der Waals surface area contributed by atoms with Gasteiger partial charge < -0.3 is 0 Å². The highest BCUT2D eigenvalue weighted by Gasteiger charge is 2.20. The van der Waals surface area contributed by atoms with Crippen molar-refractivity contribution >= 4 is 36.5 Å². The quantitative estimate of drug-likeness (QED) is 0.591. The molecule has 0 aliphatic rings. The van der Waals surface area contributed by atoms with Gasteiger partial charge in [0, 0.05) is 6.04 Å². The Bertz CT molecular complexity index is 584. The molecule has 0 aliphatic carbocycles. The predicted molar refractivity (Wildman–Crippen MR) is 98.9 cm³/mol. The van der Waals surface area contributed by atoms with Gasteiger partial charge in [0.2, 0.25) is 0 Å². The summed E-state index contributed by atoms with van der Waals surface area (Å²) in [6.45, 7) is 7.04. The summed E-state index contributed by atoms with van der Waals surface area (Å²) in [5, 5.41) is 2.55. The maximum atomic E-state index is 6.15. The molecule has 0 saturated carbocycles. The van der Waals surface area contributed by atoms with Crippen molar-refractivity contribution in [2.24, 2.45) is 0 Å². The van der Waals surface area contributed by atoms with E-state index >= 15 is 0 Å². The summed E-state index contributed by atoms with van der Waals surface area (Å²) in [5.74, 6) is 2.33. The van der Waals surface area contributed by atoms with Crippen LogP contribution in [-0.4, -0.2) is 8.07 Å². The predicted octanol–water partition coefficient (Wildman–Crippen LogP) is 4.51. The minimum atomic E-state index is -1.83. The van der Waals surface area contributed by atoms with Crippen molar-refractivity contribution in [3.8, 4) is 0 Å². The van der Waals surface area contributed by atoms with E-state index in [9.17, 15) is 0 Å². The third kappa shape index (κ3) is 3.79. The van der Waals surface area contributed by atoms with E-state index in [-0.39, 0.29) is 0 Å². The molecule has 2 rings (SSSR count). The van der Waals surface area contributed by atoms with Crippen LogP contribution in [0.5, 0.6) is 0 Å². The van der Waals surface area contributed by atoms with Gasteiger partial charge in [-0.1, -0.05) is 104 Å². The lowest BCUT2D eigenvalue weighted by Gasteiger charge is -2.21. The number of benzene rings is 2. The number of hydrogen-bond donors (Lipinski definition) is 0. The van der Waals surface area contributed by atoms with Gasteiger partial charge in [-0.3, -0.25) is 0 Å². The maximum absolute atomic E-state index is 6.15. The Balaban J connectivity index is 2.56. The molecule has 0 unspecified atom stereocenters. The van der Waals surface area contributed by atoms with Crippen molar-refractivity contribution in [2.45, 2.75) is 19.6 Å². The molecule has 0 aliphatic heterocycles. The first-order valence-electron chi connectivity index (χ1n) is 6.83. The smallest absolute Gasteiger partial charge is 0.0688 e. The van der Waals surface area contributed by atoms with E-state index in [1.165, 1.54) is 10.6 Å². The van der Waals surface area contributed by atoms with Gasteiger partial charge in [0.15, 0.2) is 0 Å². The second-order valence-corrected chi connectivity index (χ2v) is 15.5. The van der Waals surface area contributed by atoms with Crippen molar-refractivity contribution in [2.75, 3.05) is 0 Å². The highest BCUT2D eigenvalue weighted by Crippen LogP contribution is 2.45. The molecule has 0 aromatic heterocycles. The lowest BCUT2D eigenvalue weighted by molar-refractivity contribution is 1.75. The minimum absolute atomic E-state index is 1.25. The lowest BCUT2D eigenvalue weighted by atomic mass is 10.4. The van der Waals surface area contributed by atoms with Crippen LogP contribution in [0, 0.1) is 0 Å². The Morgan fingerprint density at radius 2 is 1.20 bits per heavy atom. The van der Waals surface area contributed by atoms with Crippen molar-refractivity contribution < 1.29 is 0 Å². The molecule has 0 radical (unpaired) electrons.